The highest BCUT2D eigenvalue weighted by atomic mass is 32.2. The van der Waals surface area contributed by atoms with Crippen LogP contribution < -0.4 is 0 Å². The van der Waals surface area contributed by atoms with Crippen molar-refractivity contribution in [3.8, 4) is 6.07 Å². The highest BCUT2D eigenvalue weighted by Gasteiger charge is 2.32. The SMILES string of the molecule is N#Cc1ccc(S(=O)(=O)N2CCN(C(=O)c3ccc(C(F)(F)F)cc3)CC2)cc1. The van der Waals surface area contributed by atoms with Crippen molar-refractivity contribution in [1.29, 1.82) is 5.26 Å². The second-order valence-electron chi connectivity index (χ2n) is 6.41. The molecule has 1 fully saturated rings. The van der Waals surface area contributed by atoms with Crippen LogP contribution in [0.1, 0.15) is 21.5 Å². The molecule has 2 aromatic rings. The topological polar surface area (TPSA) is 81.5 Å². The van der Waals surface area contributed by atoms with Gasteiger partial charge in [0.15, 0.2) is 0 Å². The van der Waals surface area contributed by atoms with Gasteiger partial charge >= 0.3 is 6.18 Å². The number of sulfonamides is 1. The number of carbonyl (C=O) groups excluding carboxylic acids is 1. The number of benzene rings is 2. The molecule has 0 aromatic heterocycles. The van der Waals surface area contributed by atoms with E-state index < -0.39 is 27.7 Å². The Morgan fingerprint density at radius 2 is 1.48 bits per heavy atom. The molecule has 1 aliphatic rings. The van der Waals surface area contributed by atoms with E-state index in [-0.39, 0.29) is 36.6 Å². The van der Waals surface area contributed by atoms with Gasteiger partial charge in [-0.05, 0) is 48.5 Å². The number of nitrogens with zero attached hydrogens (tertiary/aromatic N) is 3. The molecule has 152 valence electrons. The van der Waals surface area contributed by atoms with Gasteiger partial charge in [0.1, 0.15) is 0 Å². The fraction of sp³-hybridized carbons (Fsp3) is 0.263. The van der Waals surface area contributed by atoms with E-state index in [1.54, 1.807) is 0 Å². The van der Waals surface area contributed by atoms with Gasteiger partial charge in [0, 0.05) is 31.7 Å². The van der Waals surface area contributed by atoms with Gasteiger partial charge in [-0.25, -0.2) is 8.42 Å². The molecule has 0 aliphatic carbocycles. The minimum absolute atomic E-state index is 0.0546. The zero-order valence-corrected chi connectivity index (χ0v) is 15.9. The van der Waals surface area contributed by atoms with E-state index in [0.717, 1.165) is 24.3 Å². The average molecular weight is 423 g/mol. The van der Waals surface area contributed by atoms with E-state index in [0.29, 0.717) is 5.56 Å². The van der Waals surface area contributed by atoms with Gasteiger partial charge < -0.3 is 4.90 Å². The Labute approximate surface area is 165 Å². The van der Waals surface area contributed by atoms with Crippen molar-refractivity contribution in [2.45, 2.75) is 11.1 Å². The molecule has 3 rings (SSSR count). The van der Waals surface area contributed by atoms with Crippen molar-refractivity contribution < 1.29 is 26.4 Å². The lowest BCUT2D eigenvalue weighted by molar-refractivity contribution is -0.137. The Morgan fingerprint density at radius 1 is 0.931 bits per heavy atom. The molecule has 0 bridgehead atoms. The van der Waals surface area contributed by atoms with E-state index in [9.17, 15) is 26.4 Å². The van der Waals surface area contributed by atoms with Gasteiger partial charge in [-0.15, -0.1) is 0 Å². The Hall–Kier alpha value is -2.90. The Kier molecular flexibility index (Phi) is 5.64. The minimum Gasteiger partial charge on any atom is -0.336 e. The summed E-state index contributed by atoms with van der Waals surface area (Å²) < 4.78 is 64.6. The van der Waals surface area contributed by atoms with Crippen LogP contribution in [0.3, 0.4) is 0 Å². The molecule has 1 amide bonds. The normalized spacial score (nSPS) is 15.7. The highest BCUT2D eigenvalue weighted by Crippen LogP contribution is 2.29. The molecule has 10 heteroatoms. The van der Waals surface area contributed by atoms with E-state index >= 15 is 0 Å². The largest absolute Gasteiger partial charge is 0.416 e. The number of halogens is 3. The van der Waals surface area contributed by atoms with Gasteiger partial charge in [-0.2, -0.15) is 22.7 Å². The molecular weight excluding hydrogens is 407 g/mol. The fourth-order valence-electron chi connectivity index (χ4n) is 2.97. The van der Waals surface area contributed by atoms with Gasteiger partial charge in [0.25, 0.3) is 5.91 Å². The molecule has 0 N–H and O–H groups in total. The third-order valence-corrected chi connectivity index (χ3v) is 6.52. The molecule has 0 radical (unpaired) electrons. The maximum atomic E-state index is 12.7. The van der Waals surface area contributed by atoms with Gasteiger partial charge in [-0.3, -0.25) is 4.79 Å². The quantitative estimate of drug-likeness (QED) is 0.760. The molecule has 1 aliphatic heterocycles. The number of amides is 1. The minimum atomic E-state index is -4.48. The molecule has 0 atom stereocenters. The molecule has 0 spiro atoms. The fourth-order valence-corrected chi connectivity index (χ4v) is 4.39. The van der Waals surface area contributed by atoms with Crippen molar-refractivity contribution >= 4 is 15.9 Å². The van der Waals surface area contributed by atoms with Crippen LogP contribution in [-0.2, 0) is 16.2 Å². The number of nitriles is 1. The second kappa shape index (κ2) is 7.85. The summed E-state index contributed by atoms with van der Waals surface area (Å²) in [6, 6.07) is 11.4. The molecule has 2 aromatic carbocycles. The van der Waals surface area contributed by atoms with Crippen LogP contribution in [0.5, 0.6) is 0 Å². The Morgan fingerprint density at radius 3 is 1.97 bits per heavy atom. The third-order valence-electron chi connectivity index (χ3n) is 4.61. The van der Waals surface area contributed by atoms with Crippen LogP contribution in [0.2, 0.25) is 0 Å². The van der Waals surface area contributed by atoms with Crippen LogP contribution in [0.4, 0.5) is 13.2 Å². The van der Waals surface area contributed by atoms with Crippen molar-refractivity contribution in [3.63, 3.8) is 0 Å². The molecule has 29 heavy (non-hydrogen) atoms. The Bertz CT molecular complexity index is 1040. The summed E-state index contributed by atoms with van der Waals surface area (Å²) in [5.41, 5.74) is -0.385. The summed E-state index contributed by atoms with van der Waals surface area (Å²) in [5, 5.41) is 8.81. The van der Waals surface area contributed by atoms with Crippen molar-refractivity contribution in [2.24, 2.45) is 0 Å². The predicted molar refractivity (Wildman–Crippen MR) is 97.3 cm³/mol. The lowest BCUT2D eigenvalue weighted by Gasteiger charge is -2.34. The number of hydrogen-bond donors (Lipinski definition) is 0. The first-order valence-corrected chi connectivity index (χ1v) is 10.0. The van der Waals surface area contributed by atoms with Gasteiger partial charge in [0.2, 0.25) is 10.0 Å². The van der Waals surface area contributed by atoms with Crippen molar-refractivity contribution in [1.82, 2.24) is 9.21 Å². The summed E-state index contributed by atoms with van der Waals surface area (Å²) >= 11 is 0. The van der Waals surface area contributed by atoms with E-state index in [1.807, 2.05) is 6.07 Å². The summed E-state index contributed by atoms with van der Waals surface area (Å²) in [6.45, 7) is 0.369. The first-order chi connectivity index (χ1) is 13.6. The number of rotatable bonds is 3. The highest BCUT2D eigenvalue weighted by molar-refractivity contribution is 7.89. The van der Waals surface area contributed by atoms with Crippen LogP contribution in [0.15, 0.2) is 53.4 Å². The molecule has 0 saturated carbocycles. The zero-order valence-electron chi connectivity index (χ0n) is 15.1. The summed E-state index contributed by atoms with van der Waals surface area (Å²) in [7, 11) is -3.76. The van der Waals surface area contributed by atoms with Crippen LogP contribution in [0.25, 0.3) is 0 Å². The summed E-state index contributed by atoms with van der Waals surface area (Å²) in [4.78, 5) is 14.0. The predicted octanol–water partition coefficient (Wildman–Crippen LogP) is 2.72. The Balaban J connectivity index is 1.66. The lowest BCUT2D eigenvalue weighted by Crippen LogP contribution is -2.50. The lowest BCUT2D eigenvalue weighted by atomic mass is 10.1. The number of carbonyl (C=O) groups is 1. The summed E-state index contributed by atoms with van der Waals surface area (Å²) in [6.07, 6.45) is -4.48. The van der Waals surface area contributed by atoms with E-state index in [1.165, 1.54) is 33.5 Å². The maximum Gasteiger partial charge on any atom is 0.416 e. The zero-order chi connectivity index (χ0) is 21.2. The monoisotopic (exact) mass is 423 g/mol. The van der Waals surface area contributed by atoms with Crippen molar-refractivity contribution in [3.05, 3.63) is 65.2 Å². The van der Waals surface area contributed by atoms with Crippen LogP contribution in [0, 0.1) is 11.3 Å². The van der Waals surface area contributed by atoms with Crippen LogP contribution >= 0.6 is 0 Å². The second-order valence-corrected chi connectivity index (χ2v) is 8.35. The third kappa shape index (κ3) is 4.41. The van der Waals surface area contributed by atoms with E-state index in [4.69, 9.17) is 5.26 Å². The number of hydrogen-bond acceptors (Lipinski definition) is 4. The van der Waals surface area contributed by atoms with Gasteiger partial charge in [0.05, 0.1) is 22.1 Å². The van der Waals surface area contributed by atoms with Crippen LogP contribution in [-0.4, -0.2) is 49.7 Å². The maximum absolute atomic E-state index is 12.7. The molecule has 1 heterocycles. The standard InChI is InChI=1S/C19H16F3N3O3S/c20-19(21,22)16-5-3-15(4-6-16)18(26)24-9-11-25(12-10-24)29(27,28)17-7-1-14(13-23)2-8-17/h1-8H,9-12H2. The smallest absolute Gasteiger partial charge is 0.336 e. The van der Waals surface area contributed by atoms with E-state index in [2.05, 4.69) is 0 Å². The first-order valence-electron chi connectivity index (χ1n) is 8.60. The first kappa shape index (κ1) is 20.8. The molecule has 1 saturated heterocycles. The summed E-state index contributed by atoms with van der Waals surface area (Å²) in [5.74, 6) is -0.450. The number of piperazine rings is 1. The molecular formula is C19H16F3N3O3S. The molecule has 0 unspecified atom stereocenters. The molecule has 6 nitrogen and oxygen atoms in total. The number of alkyl halides is 3. The van der Waals surface area contributed by atoms with Gasteiger partial charge in [-0.1, -0.05) is 0 Å². The average Bonchev–Trinajstić information content (AvgIpc) is 2.73. The van der Waals surface area contributed by atoms with Crippen molar-refractivity contribution in [2.75, 3.05) is 26.2 Å².